The van der Waals surface area contributed by atoms with Gasteiger partial charge in [-0.15, -0.1) is 0 Å². The van der Waals surface area contributed by atoms with E-state index in [1.54, 1.807) is 42.6 Å². The van der Waals surface area contributed by atoms with Crippen LogP contribution in [0.2, 0.25) is 0 Å². The molecule has 0 unspecified atom stereocenters. The zero-order chi connectivity index (χ0) is 14.2. The van der Waals surface area contributed by atoms with Crippen LogP contribution in [0.5, 0.6) is 0 Å². The highest BCUT2D eigenvalue weighted by molar-refractivity contribution is 7.92. The average molecular weight is 287 g/mol. The van der Waals surface area contributed by atoms with E-state index in [4.69, 9.17) is 0 Å². The number of anilines is 1. The van der Waals surface area contributed by atoms with Crippen molar-refractivity contribution in [2.45, 2.75) is 11.8 Å². The van der Waals surface area contributed by atoms with Crippen molar-refractivity contribution in [1.82, 2.24) is 10.2 Å². The summed E-state index contributed by atoms with van der Waals surface area (Å²) in [6.45, 7) is 1.86. The number of benzene rings is 2. The monoisotopic (exact) mass is 287 g/mol. The molecule has 0 aliphatic heterocycles. The first-order valence-corrected chi connectivity index (χ1v) is 7.55. The molecule has 0 spiro atoms. The highest BCUT2D eigenvalue weighted by Crippen LogP contribution is 2.20. The van der Waals surface area contributed by atoms with Crippen LogP contribution in [0, 0.1) is 6.92 Å². The van der Waals surface area contributed by atoms with Gasteiger partial charge in [-0.25, -0.2) is 8.42 Å². The number of H-pyrrole nitrogens is 1. The topological polar surface area (TPSA) is 74.8 Å². The molecule has 0 aliphatic carbocycles. The Hall–Kier alpha value is -2.34. The van der Waals surface area contributed by atoms with Gasteiger partial charge in [-0.05, 0) is 42.8 Å². The van der Waals surface area contributed by atoms with Crippen molar-refractivity contribution in [3.63, 3.8) is 0 Å². The molecule has 0 atom stereocenters. The molecule has 6 heteroatoms. The fraction of sp³-hybridized carbons (Fsp3) is 0.0714. The minimum absolute atomic E-state index is 0.254. The highest BCUT2D eigenvalue weighted by Gasteiger charge is 2.14. The van der Waals surface area contributed by atoms with Crippen LogP contribution < -0.4 is 4.72 Å². The maximum absolute atomic E-state index is 12.3. The molecule has 0 saturated carbocycles. The Labute approximate surface area is 116 Å². The second-order valence-electron chi connectivity index (χ2n) is 4.59. The van der Waals surface area contributed by atoms with E-state index in [0.717, 1.165) is 16.5 Å². The molecule has 2 aromatic carbocycles. The number of aromatic amines is 1. The molecular weight excluding hydrogens is 274 g/mol. The third-order valence-electron chi connectivity index (χ3n) is 2.99. The van der Waals surface area contributed by atoms with Gasteiger partial charge < -0.3 is 0 Å². The van der Waals surface area contributed by atoms with Crippen LogP contribution in [-0.4, -0.2) is 18.6 Å². The molecule has 0 fully saturated rings. The summed E-state index contributed by atoms with van der Waals surface area (Å²) in [5.41, 5.74) is 2.28. The SMILES string of the molecule is Cc1cccc(S(=O)(=O)Nc2ccc3[nH]ncc3c2)c1. The van der Waals surface area contributed by atoms with Gasteiger partial charge in [0.05, 0.1) is 16.6 Å². The summed E-state index contributed by atoms with van der Waals surface area (Å²) in [6, 6.07) is 12.0. The van der Waals surface area contributed by atoms with Crippen molar-refractivity contribution in [1.29, 1.82) is 0 Å². The van der Waals surface area contributed by atoms with Crippen molar-refractivity contribution in [3.05, 3.63) is 54.2 Å². The molecule has 1 aromatic heterocycles. The lowest BCUT2D eigenvalue weighted by molar-refractivity contribution is 0.601. The standard InChI is InChI=1S/C14H13N3O2S/c1-10-3-2-4-13(7-10)20(18,19)17-12-5-6-14-11(8-12)9-15-16-14/h2-9,17H,1H3,(H,15,16). The maximum atomic E-state index is 12.3. The number of sulfonamides is 1. The molecule has 2 N–H and O–H groups in total. The summed E-state index contributed by atoms with van der Waals surface area (Å²) in [5.74, 6) is 0. The lowest BCUT2D eigenvalue weighted by Crippen LogP contribution is -2.12. The normalized spacial score (nSPS) is 11.7. The molecular formula is C14H13N3O2S. The van der Waals surface area contributed by atoms with E-state index >= 15 is 0 Å². The number of rotatable bonds is 3. The van der Waals surface area contributed by atoms with Crippen LogP contribution in [0.4, 0.5) is 5.69 Å². The van der Waals surface area contributed by atoms with E-state index < -0.39 is 10.0 Å². The van der Waals surface area contributed by atoms with Crippen LogP contribution in [0.3, 0.4) is 0 Å². The molecule has 1 heterocycles. The molecule has 0 aliphatic rings. The lowest BCUT2D eigenvalue weighted by Gasteiger charge is -2.08. The predicted molar refractivity (Wildman–Crippen MR) is 78.1 cm³/mol. The van der Waals surface area contributed by atoms with Crippen LogP contribution >= 0.6 is 0 Å². The van der Waals surface area contributed by atoms with Gasteiger partial charge in [0.15, 0.2) is 0 Å². The second-order valence-corrected chi connectivity index (χ2v) is 6.28. The lowest BCUT2D eigenvalue weighted by atomic mass is 10.2. The van der Waals surface area contributed by atoms with Gasteiger partial charge in [0.2, 0.25) is 0 Å². The van der Waals surface area contributed by atoms with Gasteiger partial charge in [0.1, 0.15) is 0 Å². The van der Waals surface area contributed by atoms with Crippen LogP contribution in [-0.2, 0) is 10.0 Å². The van der Waals surface area contributed by atoms with Crippen molar-refractivity contribution < 1.29 is 8.42 Å². The molecule has 5 nitrogen and oxygen atoms in total. The number of nitrogens with one attached hydrogen (secondary N) is 2. The molecule has 20 heavy (non-hydrogen) atoms. The second kappa shape index (κ2) is 4.64. The Morgan fingerprint density at radius 2 is 2.00 bits per heavy atom. The summed E-state index contributed by atoms with van der Waals surface area (Å²) >= 11 is 0. The molecule has 0 bridgehead atoms. The largest absolute Gasteiger partial charge is 0.280 e. The van der Waals surface area contributed by atoms with E-state index in [9.17, 15) is 8.42 Å². The third kappa shape index (κ3) is 2.37. The number of fused-ring (bicyclic) bond motifs is 1. The Bertz CT molecular complexity index is 869. The molecule has 3 rings (SSSR count). The molecule has 0 amide bonds. The van der Waals surface area contributed by atoms with E-state index in [1.165, 1.54) is 0 Å². The number of hydrogen-bond acceptors (Lipinski definition) is 3. The van der Waals surface area contributed by atoms with Gasteiger partial charge in [0, 0.05) is 11.1 Å². The molecule has 0 saturated heterocycles. The van der Waals surface area contributed by atoms with Gasteiger partial charge in [0.25, 0.3) is 10.0 Å². The average Bonchev–Trinajstić information content (AvgIpc) is 2.85. The van der Waals surface area contributed by atoms with Crippen molar-refractivity contribution in [2.24, 2.45) is 0 Å². The zero-order valence-corrected chi connectivity index (χ0v) is 11.6. The predicted octanol–water partition coefficient (Wildman–Crippen LogP) is 2.67. The Morgan fingerprint density at radius 1 is 1.15 bits per heavy atom. The van der Waals surface area contributed by atoms with Crippen LogP contribution in [0.1, 0.15) is 5.56 Å². The first-order chi connectivity index (χ1) is 9.54. The highest BCUT2D eigenvalue weighted by atomic mass is 32.2. The van der Waals surface area contributed by atoms with Gasteiger partial charge in [-0.2, -0.15) is 5.10 Å². The van der Waals surface area contributed by atoms with E-state index in [-0.39, 0.29) is 4.90 Å². The number of aryl methyl sites for hydroxylation is 1. The summed E-state index contributed by atoms with van der Waals surface area (Å²) in [7, 11) is -3.57. The Balaban J connectivity index is 1.96. The third-order valence-corrected chi connectivity index (χ3v) is 4.37. The summed E-state index contributed by atoms with van der Waals surface area (Å²) in [5, 5.41) is 7.58. The summed E-state index contributed by atoms with van der Waals surface area (Å²) in [4.78, 5) is 0.254. The minimum Gasteiger partial charge on any atom is -0.280 e. The van der Waals surface area contributed by atoms with Crippen LogP contribution in [0.15, 0.2) is 53.6 Å². The minimum atomic E-state index is -3.57. The van der Waals surface area contributed by atoms with Gasteiger partial charge >= 0.3 is 0 Å². The molecule has 3 aromatic rings. The van der Waals surface area contributed by atoms with Crippen molar-refractivity contribution in [2.75, 3.05) is 4.72 Å². The Kier molecular flexibility index (Phi) is 2.94. The van der Waals surface area contributed by atoms with Gasteiger partial charge in [-0.3, -0.25) is 9.82 Å². The number of nitrogens with zero attached hydrogens (tertiary/aromatic N) is 1. The number of aromatic nitrogens is 2. The smallest absolute Gasteiger partial charge is 0.261 e. The summed E-state index contributed by atoms with van der Waals surface area (Å²) < 4.78 is 27.2. The Morgan fingerprint density at radius 3 is 2.80 bits per heavy atom. The first-order valence-electron chi connectivity index (χ1n) is 6.07. The van der Waals surface area contributed by atoms with E-state index in [2.05, 4.69) is 14.9 Å². The zero-order valence-electron chi connectivity index (χ0n) is 10.8. The number of hydrogen-bond donors (Lipinski definition) is 2. The molecule has 0 radical (unpaired) electrons. The maximum Gasteiger partial charge on any atom is 0.261 e. The van der Waals surface area contributed by atoms with Crippen molar-refractivity contribution in [3.8, 4) is 0 Å². The molecule has 102 valence electrons. The van der Waals surface area contributed by atoms with Crippen LogP contribution in [0.25, 0.3) is 10.9 Å². The van der Waals surface area contributed by atoms with Gasteiger partial charge in [-0.1, -0.05) is 12.1 Å². The summed E-state index contributed by atoms with van der Waals surface area (Å²) in [6.07, 6.45) is 1.65. The fourth-order valence-electron chi connectivity index (χ4n) is 2.00. The quantitative estimate of drug-likeness (QED) is 0.777. The van der Waals surface area contributed by atoms with E-state index in [1.807, 2.05) is 13.0 Å². The van der Waals surface area contributed by atoms with Crippen molar-refractivity contribution >= 4 is 26.6 Å². The van der Waals surface area contributed by atoms with E-state index in [0.29, 0.717) is 5.69 Å². The first kappa shape index (κ1) is 12.7. The fourth-order valence-corrected chi connectivity index (χ4v) is 3.16.